The zero-order valence-electron chi connectivity index (χ0n) is 10.7. The third kappa shape index (κ3) is 4.95. The van der Waals surface area contributed by atoms with Crippen LogP contribution in [0.2, 0.25) is 0 Å². The van der Waals surface area contributed by atoms with Crippen LogP contribution in [-0.2, 0) is 5.11 Å². The first-order valence-corrected chi connectivity index (χ1v) is 5.84. The molecule has 0 spiro atoms. The van der Waals surface area contributed by atoms with Gasteiger partial charge in [-0.1, -0.05) is 13.8 Å². The topological polar surface area (TPSA) is 50.4 Å². The second-order valence-corrected chi connectivity index (χ2v) is 4.12. The number of hydrogen-bond acceptors (Lipinski definition) is 3. The first-order chi connectivity index (χ1) is 8.13. The van der Waals surface area contributed by atoms with Gasteiger partial charge in [0.25, 0.3) is 0 Å². The van der Waals surface area contributed by atoms with E-state index in [0.717, 1.165) is 13.0 Å². The summed E-state index contributed by atoms with van der Waals surface area (Å²) in [4.78, 5) is 0. The highest BCUT2D eigenvalue weighted by molar-refractivity contribution is 5.44. The molecule has 0 atom stereocenters. The van der Waals surface area contributed by atoms with E-state index in [9.17, 15) is 5.11 Å². The molecule has 0 aliphatic rings. The zero-order valence-corrected chi connectivity index (χ0v) is 10.7. The fourth-order valence-electron chi connectivity index (χ4n) is 1.37. The summed E-state index contributed by atoms with van der Waals surface area (Å²) >= 11 is 0. The smallest absolute Gasteiger partial charge is 0.220 e. The standard InChI is InChI=1S/C13H20NO3/c1-10(2)14-7-4-8-17-13-9-11(16-3)5-6-12(13)15/h5-6,9-10,14H,4,7-8H2,1-3H3. The van der Waals surface area contributed by atoms with Crippen LogP contribution in [0.15, 0.2) is 18.2 Å². The van der Waals surface area contributed by atoms with Crippen molar-refractivity contribution in [3.63, 3.8) is 0 Å². The Hall–Kier alpha value is -1.42. The number of benzene rings is 1. The van der Waals surface area contributed by atoms with Gasteiger partial charge in [-0.25, -0.2) is 0 Å². The molecule has 1 radical (unpaired) electrons. The molecule has 4 heteroatoms. The Morgan fingerprint density at radius 2 is 2.12 bits per heavy atom. The number of ether oxygens (including phenoxy) is 2. The lowest BCUT2D eigenvalue weighted by atomic mass is 10.3. The maximum atomic E-state index is 11.5. The lowest BCUT2D eigenvalue weighted by Crippen LogP contribution is -2.24. The Morgan fingerprint density at radius 3 is 2.76 bits per heavy atom. The average molecular weight is 238 g/mol. The molecule has 1 aromatic carbocycles. The van der Waals surface area contributed by atoms with Crippen LogP contribution in [0.1, 0.15) is 20.3 Å². The van der Waals surface area contributed by atoms with Gasteiger partial charge in [0.1, 0.15) is 5.75 Å². The minimum absolute atomic E-state index is 0.109. The van der Waals surface area contributed by atoms with Crippen LogP contribution in [0.5, 0.6) is 17.2 Å². The summed E-state index contributed by atoms with van der Waals surface area (Å²) in [5.41, 5.74) is 0. The molecule has 17 heavy (non-hydrogen) atoms. The number of nitrogens with one attached hydrogen (secondary N) is 1. The molecule has 0 aliphatic heterocycles. The molecular formula is C13H20NO3. The van der Waals surface area contributed by atoms with Crippen molar-refractivity contribution < 1.29 is 14.6 Å². The predicted octanol–water partition coefficient (Wildman–Crippen LogP) is 2.61. The van der Waals surface area contributed by atoms with Gasteiger partial charge < -0.3 is 14.8 Å². The monoisotopic (exact) mass is 238 g/mol. The molecule has 0 bridgehead atoms. The van der Waals surface area contributed by atoms with Crippen LogP contribution in [0.4, 0.5) is 0 Å². The van der Waals surface area contributed by atoms with E-state index in [1.807, 2.05) is 0 Å². The minimum atomic E-state index is -0.109. The third-order valence-electron chi connectivity index (χ3n) is 2.28. The molecule has 1 N–H and O–H groups in total. The van der Waals surface area contributed by atoms with Gasteiger partial charge in [0, 0.05) is 12.1 Å². The van der Waals surface area contributed by atoms with Crippen LogP contribution in [0.25, 0.3) is 0 Å². The molecule has 0 amide bonds. The zero-order chi connectivity index (χ0) is 12.7. The first kappa shape index (κ1) is 13.6. The summed E-state index contributed by atoms with van der Waals surface area (Å²) in [7, 11) is 1.57. The Morgan fingerprint density at radius 1 is 1.35 bits per heavy atom. The fourth-order valence-corrected chi connectivity index (χ4v) is 1.37. The Balaban J connectivity index is 2.35. The van der Waals surface area contributed by atoms with Crippen molar-refractivity contribution in [3.8, 4) is 17.2 Å². The molecular weight excluding hydrogens is 218 g/mol. The van der Waals surface area contributed by atoms with Crippen molar-refractivity contribution in [2.24, 2.45) is 0 Å². The van der Waals surface area contributed by atoms with E-state index >= 15 is 0 Å². The molecule has 0 saturated carbocycles. The number of rotatable bonds is 7. The van der Waals surface area contributed by atoms with E-state index in [4.69, 9.17) is 9.47 Å². The van der Waals surface area contributed by atoms with Gasteiger partial charge in [-0.15, -0.1) is 0 Å². The molecule has 1 rings (SSSR count). The molecule has 0 saturated heterocycles. The average Bonchev–Trinajstić information content (AvgIpc) is 2.30. The van der Waals surface area contributed by atoms with Gasteiger partial charge in [-0.2, -0.15) is 0 Å². The van der Waals surface area contributed by atoms with Gasteiger partial charge in [-0.05, 0) is 25.1 Å². The summed E-state index contributed by atoms with van der Waals surface area (Å²) in [5.74, 6) is 0.886. The summed E-state index contributed by atoms with van der Waals surface area (Å²) in [6, 6.07) is 5.19. The highest BCUT2D eigenvalue weighted by atomic mass is 16.5. The summed E-state index contributed by atoms with van der Waals surface area (Å²) < 4.78 is 10.5. The van der Waals surface area contributed by atoms with E-state index in [0.29, 0.717) is 24.1 Å². The second kappa shape index (κ2) is 7.01. The molecule has 1 aromatic rings. The van der Waals surface area contributed by atoms with Crippen molar-refractivity contribution in [1.29, 1.82) is 0 Å². The molecule has 4 nitrogen and oxygen atoms in total. The van der Waals surface area contributed by atoms with Crippen LogP contribution >= 0.6 is 0 Å². The Kier molecular flexibility index (Phi) is 5.63. The van der Waals surface area contributed by atoms with Crippen molar-refractivity contribution in [2.45, 2.75) is 26.3 Å². The lowest BCUT2D eigenvalue weighted by molar-refractivity contribution is 0.268. The van der Waals surface area contributed by atoms with Crippen LogP contribution < -0.4 is 14.8 Å². The van der Waals surface area contributed by atoms with E-state index in [1.54, 1.807) is 19.2 Å². The van der Waals surface area contributed by atoms with Gasteiger partial charge in [0.2, 0.25) is 5.75 Å². The third-order valence-corrected chi connectivity index (χ3v) is 2.28. The predicted molar refractivity (Wildman–Crippen MR) is 66.4 cm³/mol. The second-order valence-electron chi connectivity index (χ2n) is 4.12. The number of hydrogen-bond donors (Lipinski definition) is 1. The largest absolute Gasteiger partial charge is 0.497 e. The molecule has 0 heterocycles. The van der Waals surface area contributed by atoms with Crippen molar-refractivity contribution in [1.82, 2.24) is 5.32 Å². The van der Waals surface area contributed by atoms with E-state index in [1.165, 1.54) is 6.07 Å². The molecule has 95 valence electrons. The van der Waals surface area contributed by atoms with Crippen LogP contribution in [0, 0.1) is 0 Å². The lowest BCUT2D eigenvalue weighted by Gasteiger charge is -2.10. The fraction of sp³-hybridized carbons (Fsp3) is 0.538. The van der Waals surface area contributed by atoms with Gasteiger partial charge in [0.15, 0.2) is 5.75 Å². The van der Waals surface area contributed by atoms with Gasteiger partial charge in [0.05, 0.1) is 13.7 Å². The maximum Gasteiger partial charge on any atom is 0.220 e. The Bertz CT molecular complexity index is 339. The van der Waals surface area contributed by atoms with Crippen molar-refractivity contribution in [3.05, 3.63) is 18.2 Å². The first-order valence-electron chi connectivity index (χ1n) is 5.84. The number of methoxy groups -OCH3 is 1. The maximum absolute atomic E-state index is 11.5. The SMILES string of the molecule is COc1ccc([O])c(OCCCNC(C)C)c1. The quantitative estimate of drug-likeness (QED) is 0.743. The van der Waals surface area contributed by atoms with E-state index in [-0.39, 0.29) is 5.75 Å². The molecule has 0 aromatic heterocycles. The van der Waals surface area contributed by atoms with Crippen molar-refractivity contribution in [2.75, 3.05) is 20.3 Å². The van der Waals surface area contributed by atoms with E-state index < -0.39 is 0 Å². The van der Waals surface area contributed by atoms with Gasteiger partial charge in [-0.3, -0.25) is 5.11 Å². The highest BCUT2D eigenvalue weighted by Crippen LogP contribution is 2.30. The van der Waals surface area contributed by atoms with E-state index in [2.05, 4.69) is 19.2 Å². The normalized spacial score (nSPS) is 10.6. The minimum Gasteiger partial charge on any atom is -0.497 e. The van der Waals surface area contributed by atoms with Crippen molar-refractivity contribution >= 4 is 0 Å². The summed E-state index contributed by atoms with van der Waals surface area (Å²) in [5, 5.41) is 14.7. The van der Waals surface area contributed by atoms with Crippen LogP contribution in [-0.4, -0.2) is 26.3 Å². The molecule has 0 fully saturated rings. The summed E-state index contributed by atoms with van der Waals surface area (Å²) in [6.45, 7) is 5.61. The highest BCUT2D eigenvalue weighted by Gasteiger charge is 2.05. The molecule has 0 unspecified atom stereocenters. The Labute approximate surface area is 103 Å². The summed E-state index contributed by atoms with van der Waals surface area (Å²) in [6.07, 6.45) is 0.870. The van der Waals surface area contributed by atoms with Gasteiger partial charge >= 0.3 is 0 Å². The van der Waals surface area contributed by atoms with Crippen LogP contribution in [0.3, 0.4) is 0 Å². The molecule has 0 aliphatic carbocycles.